The minimum atomic E-state index is -0.268. The van der Waals surface area contributed by atoms with Gasteiger partial charge in [-0.1, -0.05) is 22.0 Å². The van der Waals surface area contributed by atoms with E-state index in [9.17, 15) is 9.90 Å². The second-order valence-corrected chi connectivity index (χ2v) is 6.53. The van der Waals surface area contributed by atoms with Gasteiger partial charge in [-0.3, -0.25) is 4.79 Å². The molecule has 0 radical (unpaired) electrons. The van der Waals surface area contributed by atoms with E-state index < -0.39 is 0 Å². The monoisotopic (exact) mass is 450 g/mol. The van der Waals surface area contributed by atoms with Gasteiger partial charge in [-0.2, -0.15) is 5.10 Å². The number of benzene rings is 1. The lowest BCUT2D eigenvalue weighted by Gasteiger charge is -2.02. The number of rotatable bonds is 3. The topological polar surface area (TPSA) is 61.7 Å². The van der Waals surface area contributed by atoms with Crippen molar-refractivity contribution in [3.8, 4) is 5.75 Å². The number of aromatic hydroxyl groups is 1. The van der Waals surface area contributed by atoms with E-state index in [0.717, 1.165) is 4.47 Å². The number of nitrogens with one attached hydrogen (secondary N) is 1. The Balaban J connectivity index is 2.09. The molecule has 0 saturated heterocycles. The molecule has 2 rings (SSSR count). The van der Waals surface area contributed by atoms with Crippen LogP contribution < -0.4 is 5.43 Å². The number of nitrogens with zero attached hydrogens (tertiary/aromatic N) is 1. The van der Waals surface area contributed by atoms with Crippen LogP contribution in [0, 0.1) is 3.57 Å². The fraction of sp³-hybridized carbons (Fsp3) is 0. The maximum absolute atomic E-state index is 11.6. The van der Waals surface area contributed by atoms with Gasteiger partial charge in [0.05, 0.1) is 14.7 Å². The number of hydrogen-bond acceptors (Lipinski definition) is 4. The van der Waals surface area contributed by atoms with Crippen LogP contribution in [0.3, 0.4) is 0 Å². The standard InChI is InChI=1S/C12H8BrIN2O2S/c13-8-4-7(11(17)9(14)5-8)6-15-16-12(18)10-2-1-3-19-10/h1-6,17H,(H,16,18)/b15-6-. The highest BCUT2D eigenvalue weighted by Crippen LogP contribution is 2.27. The van der Waals surface area contributed by atoms with Gasteiger partial charge >= 0.3 is 0 Å². The van der Waals surface area contributed by atoms with Crippen molar-refractivity contribution in [3.05, 3.63) is 48.1 Å². The summed E-state index contributed by atoms with van der Waals surface area (Å²) < 4.78 is 1.54. The van der Waals surface area contributed by atoms with Crippen molar-refractivity contribution in [2.75, 3.05) is 0 Å². The number of amides is 1. The van der Waals surface area contributed by atoms with Crippen LogP contribution >= 0.6 is 49.9 Å². The van der Waals surface area contributed by atoms with Crippen LogP contribution in [0.5, 0.6) is 5.75 Å². The predicted octanol–water partition coefficient (Wildman–Crippen LogP) is 3.58. The van der Waals surface area contributed by atoms with Gasteiger partial charge in [0.1, 0.15) is 5.75 Å². The third-order valence-electron chi connectivity index (χ3n) is 2.17. The molecule has 19 heavy (non-hydrogen) atoms. The van der Waals surface area contributed by atoms with Crippen molar-refractivity contribution in [1.82, 2.24) is 5.43 Å². The largest absolute Gasteiger partial charge is 0.506 e. The summed E-state index contributed by atoms with van der Waals surface area (Å²) >= 11 is 6.70. The molecule has 2 aromatic rings. The molecular weight excluding hydrogens is 443 g/mol. The summed E-state index contributed by atoms with van der Waals surface area (Å²) in [5, 5.41) is 15.5. The predicted molar refractivity (Wildman–Crippen MR) is 87.9 cm³/mol. The van der Waals surface area contributed by atoms with Gasteiger partial charge in [-0.05, 0) is 46.2 Å². The van der Waals surface area contributed by atoms with Crippen LogP contribution in [-0.2, 0) is 0 Å². The minimum Gasteiger partial charge on any atom is -0.506 e. The Bertz CT molecular complexity index is 629. The van der Waals surface area contributed by atoms with Crippen molar-refractivity contribution in [2.45, 2.75) is 0 Å². The second-order valence-electron chi connectivity index (χ2n) is 3.50. The van der Waals surface area contributed by atoms with Gasteiger partial charge in [-0.15, -0.1) is 11.3 Å². The fourth-order valence-electron chi connectivity index (χ4n) is 1.31. The molecular formula is C12H8BrIN2O2S. The molecule has 0 aliphatic heterocycles. The maximum Gasteiger partial charge on any atom is 0.281 e. The van der Waals surface area contributed by atoms with E-state index in [-0.39, 0.29) is 11.7 Å². The molecule has 2 N–H and O–H groups in total. The first kappa shape index (κ1) is 14.5. The lowest BCUT2D eigenvalue weighted by Crippen LogP contribution is -2.16. The van der Waals surface area contributed by atoms with E-state index in [0.29, 0.717) is 14.0 Å². The molecule has 0 spiro atoms. The van der Waals surface area contributed by atoms with Gasteiger partial charge in [0.15, 0.2) is 0 Å². The first-order valence-electron chi connectivity index (χ1n) is 5.13. The zero-order valence-electron chi connectivity index (χ0n) is 9.43. The number of hydrazone groups is 1. The third kappa shape index (κ3) is 3.77. The van der Waals surface area contributed by atoms with Crippen LogP contribution in [0.1, 0.15) is 15.2 Å². The Kier molecular flexibility index (Phi) is 4.94. The van der Waals surface area contributed by atoms with E-state index in [2.05, 4.69) is 26.5 Å². The van der Waals surface area contributed by atoms with E-state index in [1.807, 2.05) is 28.0 Å². The number of carbonyl (C=O) groups excluding carboxylic acids is 1. The van der Waals surface area contributed by atoms with Crippen molar-refractivity contribution in [2.24, 2.45) is 5.10 Å². The molecule has 1 heterocycles. The Hall–Kier alpha value is -0.930. The summed E-state index contributed by atoms with van der Waals surface area (Å²) in [5.41, 5.74) is 2.94. The highest BCUT2D eigenvalue weighted by Gasteiger charge is 2.06. The average Bonchev–Trinajstić information content (AvgIpc) is 2.88. The van der Waals surface area contributed by atoms with Crippen molar-refractivity contribution in [3.63, 3.8) is 0 Å². The lowest BCUT2D eigenvalue weighted by molar-refractivity contribution is 0.0959. The number of hydrogen-bond donors (Lipinski definition) is 2. The molecule has 1 aromatic heterocycles. The molecule has 7 heteroatoms. The highest BCUT2D eigenvalue weighted by molar-refractivity contribution is 14.1. The Labute approximate surface area is 135 Å². The fourth-order valence-corrected chi connectivity index (χ4v) is 3.47. The molecule has 0 aliphatic rings. The number of carbonyl (C=O) groups is 1. The van der Waals surface area contributed by atoms with Gasteiger partial charge in [0.2, 0.25) is 0 Å². The van der Waals surface area contributed by atoms with Crippen LogP contribution in [0.4, 0.5) is 0 Å². The molecule has 0 atom stereocenters. The molecule has 0 unspecified atom stereocenters. The summed E-state index contributed by atoms with van der Waals surface area (Å²) in [6, 6.07) is 7.02. The molecule has 0 bridgehead atoms. The minimum absolute atomic E-state index is 0.137. The number of thiophene rings is 1. The summed E-state index contributed by atoms with van der Waals surface area (Å²) in [4.78, 5) is 12.2. The van der Waals surface area contributed by atoms with E-state index in [1.165, 1.54) is 17.6 Å². The van der Waals surface area contributed by atoms with Crippen LogP contribution in [0.25, 0.3) is 0 Å². The zero-order chi connectivity index (χ0) is 13.8. The Morgan fingerprint density at radius 1 is 1.53 bits per heavy atom. The van der Waals surface area contributed by atoms with Gasteiger partial charge in [-0.25, -0.2) is 5.43 Å². The zero-order valence-corrected chi connectivity index (χ0v) is 14.0. The lowest BCUT2D eigenvalue weighted by atomic mass is 10.2. The third-order valence-corrected chi connectivity index (χ3v) is 4.32. The average molecular weight is 451 g/mol. The quantitative estimate of drug-likeness (QED) is 0.426. The molecule has 98 valence electrons. The highest BCUT2D eigenvalue weighted by atomic mass is 127. The maximum atomic E-state index is 11.6. The first-order chi connectivity index (χ1) is 9.08. The normalized spacial score (nSPS) is 10.8. The van der Waals surface area contributed by atoms with Gasteiger partial charge in [0, 0.05) is 10.0 Å². The van der Waals surface area contributed by atoms with Crippen molar-refractivity contribution < 1.29 is 9.90 Å². The smallest absolute Gasteiger partial charge is 0.281 e. The number of halogens is 2. The second kappa shape index (κ2) is 6.49. The van der Waals surface area contributed by atoms with E-state index in [4.69, 9.17) is 0 Å². The molecule has 1 aromatic carbocycles. The number of phenols is 1. The van der Waals surface area contributed by atoms with Crippen LogP contribution in [0.15, 0.2) is 39.2 Å². The Morgan fingerprint density at radius 2 is 2.32 bits per heavy atom. The summed E-state index contributed by atoms with van der Waals surface area (Å²) in [5.74, 6) is -0.131. The molecule has 0 fully saturated rings. The van der Waals surface area contributed by atoms with Crippen LogP contribution in [0.2, 0.25) is 0 Å². The van der Waals surface area contributed by atoms with E-state index in [1.54, 1.807) is 24.3 Å². The van der Waals surface area contributed by atoms with Crippen molar-refractivity contribution >= 4 is 62.0 Å². The SMILES string of the molecule is O=C(N/N=C\c1cc(Br)cc(I)c1O)c1cccs1. The molecule has 4 nitrogen and oxygen atoms in total. The summed E-state index contributed by atoms with van der Waals surface area (Å²) in [7, 11) is 0. The van der Waals surface area contributed by atoms with Crippen LogP contribution in [-0.4, -0.2) is 17.2 Å². The summed E-state index contributed by atoms with van der Waals surface area (Å²) in [6.07, 6.45) is 1.41. The van der Waals surface area contributed by atoms with Gasteiger partial charge in [0.25, 0.3) is 5.91 Å². The van der Waals surface area contributed by atoms with Gasteiger partial charge < -0.3 is 5.11 Å². The summed E-state index contributed by atoms with van der Waals surface area (Å²) in [6.45, 7) is 0. The number of phenolic OH excluding ortho intramolecular Hbond substituents is 1. The molecule has 0 saturated carbocycles. The molecule has 0 aliphatic carbocycles. The first-order valence-corrected chi connectivity index (χ1v) is 7.88. The van der Waals surface area contributed by atoms with E-state index >= 15 is 0 Å². The van der Waals surface area contributed by atoms with Crippen molar-refractivity contribution in [1.29, 1.82) is 0 Å². The Morgan fingerprint density at radius 3 is 3.00 bits per heavy atom. The molecule has 1 amide bonds.